The van der Waals surface area contributed by atoms with Crippen LogP contribution in [-0.4, -0.2) is 59.8 Å². The van der Waals surface area contributed by atoms with Crippen LogP contribution in [0.25, 0.3) is 11.2 Å². The van der Waals surface area contributed by atoms with E-state index in [4.69, 9.17) is 4.74 Å². The van der Waals surface area contributed by atoms with E-state index in [1.165, 1.54) is 23.3 Å². The predicted octanol–water partition coefficient (Wildman–Crippen LogP) is 1.21. The van der Waals surface area contributed by atoms with Gasteiger partial charge >= 0.3 is 6.18 Å². The first-order chi connectivity index (χ1) is 14.7. The summed E-state index contributed by atoms with van der Waals surface area (Å²) >= 11 is 0. The Morgan fingerprint density at radius 2 is 1.90 bits per heavy atom. The minimum absolute atomic E-state index is 0.101. The number of anilines is 1. The molecule has 0 amide bonds. The van der Waals surface area contributed by atoms with Crippen LogP contribution in [0.2, 0.25) is 0 Å². The van der Waals surface area contributed by atoms with Gasteiger partial charge in [0.05, 0.1) is 18.5 Å². The van der Waals surface area contributed by atoms with E-state index in [9.17, 15) is 32.9 Å². The molecule has 0 radical (unpaired) electrons. The molecule has 0 unspecified atom stereocenters. The number of rotatable bonds is 5. The summed E-state index contributed by atoms with van der Waals surface area (Å²) in [5, 5.41) is 32.2. The van der Waals surface area contributed by atoms with E-state index in [0.717, 1.165) is 6.07 Å². The van der Waals surface area contributed by atoms with Crippen LogP contribution in [0.1, 0.15) is 17.4 Å². The molecule has 1 fully saturated rings. The number of hydrogen-bond acceptors (Lipinski definition) is 8. The monoisotopic (exact) mass is 443 g/mol. The van der Waals surface area contributed by atoms with E-state index >= 15 is 0 Å². The van der Waals surface area contributed by atoms with Gasteiger partial charge in [0.15, 0.2) is 23.2 Å². The number of hydrogen-bond donors (Lipinski definition) is 4. The molecule has 4 N–H and O–H groups in total. The summed E-state index contributed by atoms with van der Waals surface area (Å²) in [6, 6.07) is 2.66. The van der Waals surface area contributed by atoms with Gasteiger partial charge in [0.25, 0.3) is 0 Å². The number of nitrogens with one attached hydrogen (secondary N) is 1. The number of aliphatic hydroxyl groups is 3. The Morgan fingerprint density at radius 1 is 1.13 bits per heavy atom. The second-order valence-electron chi connectivity index (χ2n) is 6.94. The van der Waals surface area contributed by atoms with Crippen molar-refractivity contribution in [1.82, 2.24) is 19.5 Å². The molecule has 3 heterocycles. The molecule has 0 bridgehead atoms. The van der Waals surface area contributed by atoms with Crippen molar-refractivity contribution in [3.63, 3.8) is 0 Å². The maximum absolute atomic E-state index is 13.5. The minimum Gasteiger partial charge on any atom is -0.394 e. The molecule has 1 aromatic carbocycles. The van der Waals surface area contributed by atoms with E-state index in [1.807, 2.05) is 0 Å². The molecule has 31 heavy (non-hydrogen) atoms. The SMILES string of the molecule is OC[C@H]1O[C@@H](n2cnc3c(NCc4ccc(F)c(C(F)(F)F)c4)ncnc32)[C@H](O)[C@@H]1O. The lowest BCUT2D eigenvalue weighted by Gasteiger charge is -2.16. The van der Waals surface area contributed by atoms with E-state index in [0.29, 0.717) is 6.07 Å². The standard InChI is InChI=1S/C18H17F4N5O4/c19-10-2-1-8(3-9(10)18(20,21)22)4-23-15-12-16(25-6-24-15)27(7-26-12)17-14(30)13(29)11(5-28)31-17/h1-3,6-7,11,13-14,17,28-30H,4-5H2,(H,23,24,25)/t11-,13-,14-,17-/m1/s1. The summed E-state index contributed by atoms with van der Waals surface area (Å²) < 4.78 is 59.0. The van der Waals surface area contributed by atoms with Crippen molar-refractivity contribution in [2.75, 3.05) is 11.9 Å². The number of benzene rings is 1. The number of nitrogens with zero attached hydrogens (tertiary/aromatic N) is 4. The van der Waals surface area contributed by atoms with Crippen LogP contribution in [0.5, 0.6) is 0 Å². The lowest BCUT2D eigenvalue weighted by molar-refractivity contribution is -0.140. The fourth-order valence-corrected chi connectivity index (χ4v) is 3.36. The van der Waals surface area contributed by atoms with Gasteiger partial charge in [-0.15, -0.1) is 0 Å². The Labute approximate surface area is 172 Å². The molecule has 1 aliphatic rings. The van der Waals surface area contributed by atoms with E-state index < -0.39 is 48.7 Å². The summed E-state index contributed by atoms with van der Waals surface area (Å²) in [5.41, 5.74) is -0.738. The molecular formula is C18H17F4N5O4. The number of ether oxygens (including phenoxy) is 1. The smallest absolute Gasteiger partial charge is 0.394 e. The number of alkyl halides is 3. The van der Waals surface area contributed by atoms with Crippen LogP contribution >= 0.6 is 0 Å². The van der Waals surface area contributed by atoms with Crippen molar-refractivity contribution >= 4 is 17.0 Å². The van der Waals surface area contributed by atoms with Crippen LogP contribution in [0.4, 0.5) is 23.4 Å². The summed E-state index contributed by atoms with van der Waals surface area (Å²) in [6.45, 7) is -0.600. The van der Waals surface area contributed by atoms with Crippen molar-refractivity contribution < 1.29 is 37.6 Å². The topological polar surface area (TPSA) is 126 Å². The molecule has 4 atom stereocenters. The van der Waals surface area contributed by atoms with Crippen LogP contribution in [0.15, 0.2) is 30.9 Å². The molecule has 4 rings (SSSR count). The summed E-state index contributed by atoms with van der Waals surface area (Å²) in [6.07, 6.45) is -7.06. The Hall–Kier alpha value is -2.87. The normalized spacial score (nSPS) is 24.1. The molecule has 2 aromatic heterocycles. The highest BCUT2D eigenvalue weighted by molar-refractivity contribution is 5.82. The quantitative estimate of drug-likeness (QED) is 0.434. The number of halogens is 4. The maximum atomic E-state index is 13.5. The van der Waals surface area contributed by atoms with Crippen molar-refractivity contribution in [3.8, 4) is 0 Å². The first-order valence-electron chi connectivity index (χ1n) is 9.10. The van der Waals surface area contributed by atoms with Crippen LogP contribution < -0.4 is 5.32 Å². The zero-order chi connectivity index (χ0) is 22.3. The van der Waals surface area contributed by atoms with Crippen molar-refractivity contribution in [2.45, 2.75) is 37.3 Å². The average Bonchev–Trinajstić information content (AvgIpc) is 3.28. The lowest BCUT2D eigenvalue weighted by atomic mass is 10.1. The molecule has 9 nitrogen and oxygen atoms in total. The van der Waals surface area contributed by atoms with Gasteiger partial charge in [-0.05, 0) is 17.7 Å². The highest BCUT2D eigenvalue weighted by Crippen LogP contribution is 2.33. The molecule has 1 saturated heterocycles. The predicted molar refractivity (Wildman–Crippen MR) is 97.1 cm³/mol. The molecule has 0 saturated carbocycles. The molecule has 0 aliphatic carbocycles. The van der Waals surface area contributed by atoms with Crippen LogP contribution in [0, 0.1) is 5.82 Å². The van der Waals surface area contributed by atoms with E-state index in [1.54, 1.807) is 0 Å². The van der Waals surface area contributed by atoms with Crippen molar-refractivity contribution in [2.24, 2.45) is 0 Å². The Kier molecular flexibility index (Phi) is 5.51. The number of fused-ring (bicyclic) bond motifs is 1. The van der Waals surface area contributed by atoms with Gasteiger partial charge in [0.2, 0.25) is 0 Å². The summed E-state index contributed by atoms with van der Waals surface area (Å²) in [4.78, 5) is 12.3. The maximum Gasteiger partial charge on any atom is 0.419 e. The first-order valence-corrected chi connectivity index (χ1v) is 9.10. The number of aromatic nitrogens is 4. The van der Waals surface area contributed by atoms with Crippen molar-refractivity contribution in [3.05, 3.63) is 47.8 Å². The lowest BCUT2D eigenvalue weighted by Crippen LogP contribution is -2.33. The van der Waals surface area contributed by atoms with E-state index in [-0.39, 0.29) is 29.1 Å². The largest absolute Gasteiger partial charge is 0.419 e. The molecule has 0 spiro atoms. The van der Waals surface area contributed by atoms with Gasteiger partial charge < -0.3 is 25.4 Å². The zero-order valence-corrected chi connectivity index (χ0v) is 15.7. The second-order valence-corrected chi connectivity index (χ2v) is 6.94. The fourth-order valence-electron chi connectivity index (χ4n) is 3.36. The van der Waals surface area contributed by atoms with Gasteiger partial charge in [-0.25, -0.2) is 19.3 Å². The molecular weight excluding hydrogens is 426 g/mol. The molecule has 3 aromatic rings. The molecule has 13 heteroatoms. The van der Waals surface area contributed by atoms with Crippen LogP contribution in [-0.2, 0) is 17.5 Å². The summed E-state index contributed by atoms with van der Waals surface area (Å²) in [5.74, 6) is -1.17. The van der Waals surface area contributed by atoms with Gasteiger partial charge in [-0.2, -0.15) is 13.2 Å². The third-order valence-electron chi connectivity index (χ3n) is 4.95. The van der Waals surface area contributed by atoms with E-state index in [2.05, 4.69) is 20.3 Å². The van der Waals surface area contributed by atoms with Gasteiger partial charge in [0.1, 0.15) is 30.5 Å². The fraction of sp³-hybridized carbons (Fsp3) is 0.389. The Morgan fingerprint density at radius 3 is 2.58 bits per heavy atom. The minimum atomic E-state index is -4.82. The highest BCUT2D eigenvalue weighted by Gasteiger charge is 2.44. The van der Waals surface area contributed by atoms with Gasteiger partial charge in [-0.3, -0.25) is 4.57 Å². The Balaban J connectivity index is 1.58. The molecule has 166 valence electrons. The zero-order valence-electron chi connectivity index (χ0n) is 15.7. The van der Waals surface area contributed by atoms with Gasteiger partial charge in [0, 0.05) is 6.54 Å². The highest BCUT2D eigenvalue weighted by atomic mass is 19.4. The van der Waals surface area contributed by atoms with Crippen molar-refractivity contribution in [1.29, 1.82) is 0 Å². The number of imidazole rings is 1. The average molecular weight is 443 g/mol. The first kappa shape index (κ1) is 21.4. The number of aliphatic hydroxyl groups excluding tert-OH is 3. The summed E-state index contributed by atoms with van der Waals surface area (Å²) in [7, 11) is 0. The Bertz CT molecular complexity index is 1090. The van der Waals surface area contributed by atoms with Crippen LogP contribution in [0.3, 0.4) is 0 Å². The second kappa shape index (κ2) is 8.00. The third-order valence-corrected chi connectivity index (χ3v) is 4.95. The molecule has 1 aliphatic heterocycles. The van der Waals surface area contributed by atoms with Gasteiger partial charge in [-0.1, -0.05) is 6.07 Å². The third kappa shape index (κ3) is 3.92.